The maximum absolute atomic E-state index is 12.7. The molecule has 0 aliphatic carbocycles. The first-order chi connectivity index (χ1) is 13.9. The lowest BCUT2D eigenvalue weighted by molar-refractivity contribution is 0.0963. The monoisotopic (exact) mass is 552 g/mol. The smallest absolute Gasteiger partial charge is 0.409 e. The van der Waals surface area contributed by atoms with Crippen molar-refractivity contribution in [3.63, 3.8) is 0 Å². The van der Waals surface area contributed by atoms with Crippen LogP contribution in [0.2, 0.25) is 0 Å². The molecule has 0 saturated carbocycles. The van der Waals surface area contributed by atoms with Crippen molar-refractivity contribution in [2.75, 3.05) is 32.5 Å². The van der Waals surface area contributed by atoms with Gasteiger partial charge in [0.05, 0.1) is 17.3 Å². The minimum absolute atomic E-state index is 0. The van der Waals surface area contributed by atoms with Gasteiger partial charge in [0.25, 0.3) is 0 Å². The Kier molecular flexibility index (Phi) is 11.5. The summed E-state index contributed by atoms with van der Waals surface area (Å²) in [6, 6.07) is 8.39. The van der Waals surface area contributed by atoms with Gasteiger partial charge in [0, 0.05) is 32.2 Å². The molecule has 2 rings (SSSR count). The van der Waals surface area contributed by atoms with Gasteiger partial charge in [0.2, 0.25) is 0 Å². The van der Waals surface area contributed by atoms with Gasteiger partial charge in [-0.2, -0.15) is 0 Å². The molecule has 170 valence electrons. The van der Waals surface area contributed by atoms with Crippen molar-refractivity contribution >= 4 is 45.9 Å². The number of hydrogen-bond acceptors (Lipinski definition) is 5. The molecular weight excluding hydrogens is 519 g/mol. The number of piperidine rings is 1. The van der Waals surface area contributed by atoms with Crippen molar-refractivity contribution in [2.24, 2.45) is 4.99 Å². The summed E-state index contributed by atoms with van der Waals surface area (Å²) in [6.45, 7) is 5.35. The molecule has 1 aliphatic rings. The predicted molar refractivity (Wildman–Crippen MR) is 129 cm³/mol. The van der Waals surface area contributed by atoms with Gasteiger partial charge in [-0.15, -0.1) is 24.0 Å². The fraction of sp³-hybridized carbons (Fsp3) is 0.600. The third-order valence-electron chi connectivity index (χ3n) is 4.94. The van der Waals surface area contributed by atoms with Gasteiger partial charge in [0.1, 0.15) is 0 Å². The van der Waals surface area contributed by atoms with E-state index < -0.39 is 9.84 Å². The Hall–Kier alpha value is -1.56. The molecule has 1 amide bonds. The molecule has 1 aromatic carbocycles. The Balaban J connectivity index is 0.00000450. The molecule has 1 saturated heterocycles. The van der Waals surface area contributed by atoms with Crippen molar-refractivity contribution in [2.45, 2.75) is 50.1 Å². The van der Waals surface area contributed by atoms with Crippen LogP contribution in [0.1, 0.15) is 33.1 Å². The van der Waals surface area contributed by atoms with E-state index in [-0.39, 0.29) is 47.9 Å². The van der Waals surface area contributed by atoms with Crippen LogP contribution in [0.5, 0.6) is 0 Å². The Labute approximate surface area is 196 Å². The van der Waals surface area contributed by atoms with Crippen molar-refractivity contribution in [1.82, 2.24) is 15.5 Å². The second-order valence-electron chi connectivity index (χ2n) is 7.02. The highest BCUT2D eigenvalue weighted by atomic mass is 127. The number of ether oxygens (including phenoxy) is 1. The number of nitrogens with one attached hydrogen (secondary N) is 2. The second kappa shape index (κ2) is 13.0. The summed E-state index contributed by atoms with van der Waals surface area (Å²) in [5.41, 5.74) is 0. The van der Waals surface area contributed by atoms with E-state index in [1.54, 1.807) is 49.2 Å². The van der Waals surface area contributed by atoms with Crippen molar-refractivity contribution < 1.29 is 17.9 Å². The number of amides is 1. The van der Waals surface area contributed by atoms with E-state index in [4.69, 9.17) is 4.74 Å². The molecule has 1 atom stereocenters. The van der Waals surface area contributed by atoms with E-state index >= 15 is 0 Å². The number of rotatable bonds is 7. The maximum atomic E-state index is 12.7. The van der Waals surface area contributed by atoms with E-state index in [9.17, 15) is 13.2 Å². The largest absolute Gasteiger partial charge is 0.450 e. The first kappa shape index (κ1) is 26.5. The average molecular weight is 552 g/mol. The third-order valence-corrected chi connectivity index (χ3v) is 6.77. The number of carbonyl (C=O) groups excluding carboxylic acids is 1. The summed E-state index contributed by atoms with van der Waals surface area (Å²) in [6.07, 6.45) is 1.93. The van der Waals surface area contributed by atoms with Crippen LogP contribution in [0.4, 0.5) is 4.79 Å². The average Bonchev–Trinajstić information content (AvgIpc) is 2.73. The molecule has 2 N–H and O–H groups in total. The van der Waals surface area contributed by atoms with Crippen LogP contribution in [0.25, 0.3) is 0 Å². The lowest BCUT2D eigenvalue weighted by Crippen LogP contribution is -2.52. The molecule has 1 fully saturated rings. The van der Waals surface area contributed by atoms with Crippen LogP contribution in [0.3, 0.4) is 0 Å². The molecule has 0 bridgehead atoms. The van der Waals surface area contributed by atoms with Crippen LogP contribution in [-0.2, 0) is 14.6 Å². The van der Waals surface area contributed by atoms with Crippen LogP contribution < -0.4 is 10.6 Å². The first-order valence-corrected chi connectivity index (χ1v) is 11.7. The van der Waals surface area contributed by atoms with Gasteiger partial charge in [-0.3, -0.25) is 4.99 Å². The lowest BCUT2D eigenvalue weighted by Gasteiger charge is -2.33. The van der Waals surface area contributed by atoms with Crippen molar-refractivity contribution in [1.29, 1.82) is 0 Å². The van der Waals surface area contributed by atoms with Crippen LogP contribution >= 0.6 is 24.0 Å². The Morgan fingerprint density at radius 3 is 2.40 bits per heavy atom. The molecule has 1 unspecified atom stereocenters. The summed E-state index contributed by atoms with van der Waals surface area (Å²) in [4.78, 5) is 18.1. The Morgan fingerprint density at radius 1 is 1.23 bits per heavy atom. The topological polar surface area (TPSA) is 100 Å². The summed E-state index contributed by atoms with van der Waals surface area (Å²) in [5.74, 6) is 0.574. The predicted octanol–water partition coefficient (Wildman–Crippen LogP) is 2.64. The number of hydrogen-bond donors (Lipinski definition) is 2. The molecule has 1 heterocycles. The number of aliphatic imine (C=N–C) groups is 1. The van der Waals surface area contributed by atoms with E-state index in [0.29, 0.717) is 37.0 Å². The zero-order chi connectivity index (χ0) is 21.3. The highest BCUT2D eigenvalue weighted by molar-refractivity contribution is 14.0. The maximum Gasteiger partial charge on any atom is 0.409 e. The van der Waals surface area contributed by atoms with Crippen molar-refractivity contribution in [3.8, 4) is 0 Å². The van der Waals surface area contributed by atoms with E-state index in [1.807, 2.05) is 6.92 Å². The van der Waals surface area contributed by atoms with Gasteiger partial charge >= 0.3 is 6.09 Å². The summed E-state index contributed by atoms with van der Waals surface area (Å²) in [5, 5.41) is 6.59. The minimum atomic E-state index is -3.38. The Bertz CT molecular complexity index is 781. The summed E-state index contributed by atoms with van der Waals surface area (Å²) >= 11 is 0. The van der Waals surface area contributed by atoms with Crippen LogP contribution in [0, 0.1) is 0 Å². The standard InChI is InChI=1S/C20H32N4O4S.HI/c1-4-16(15-29(26,27)18-9-7-6-8-10-18)22-19(21-3)23-17-11-13-24(14-12-17)20(25)28-5-2;/h6-10,16-17H,4-5,11-15H2,1-3H3,(H2,21,22,23);1H. The highest BCUT2D eigenvalue weighted by Gasteiger charge is 2.25. The highest BCUT2D eigenvalue weighted by Crippen LogP contribution is 2.14. The number of likely N-dealkylation sites (tertiary alicyclic amines) is 1. The van der Waals surface area contributed by atoms with Crippen LogP contribution in [-0.4, -0.2) is 70.0 Å². The fourth-order valence-corrected chi connectivity index (χ4v) is 4.84. The minimum Gasteiger partial charge on any atom is -0.450 e. The molecule has 1 aromatic rings. The SMILES string of the molecule is CCOC(=O)N1CCC(NC(=NC)NC(CC)CS(=O)(=O)c2ccccc2)CC1.I. The van der Waals surface area contributed by atoms with Gasteiger partial charge in [-0.1, -0.05) is 25.1 Å². The Morgan fingerprint density at radius 2 is 1.87 bits per heavy atom. The van der Waals surface area contributed by atoms with Gasteiger partial charge in [0.15, 0.2) is 15.8 Å². The van der Waals surface area contributed by atoms with E-state index in [1.165, 1.54) is 0 Å². The number of nitrogens with zero attached hydrogens (tertiary/aromatic N) is 2. The molecule has 0 radical (unpaired) electrons. The second-order valence-corrected chi connectivity index (χ2v) is 9.06. The van der Waals surface area contributed by atoms with Crippen molar-refractivity contribution in [3.05, 3.63) is 30.3 Å². The molecule has 30 heavy (non-hydrogen) atoms. The molecule has 0 spiro atoms. The molecule has 1 aliphatic heterocycles. The number of guanidine groups is 1. The lowest BCUT2D eigenvalue weighted by atomic mass is 10.1. The van der Waals surface area contributed by atoms with Gasteiger partial charge in [-0.05, 0) is 38.3 Å². The number of carbonyl (C=O) groups is 1. The summed E-state index contributed by atoms with van der Waals surface area (Å²) < 4.78 is 30.4. The first-order valence-electron chi connectivity index (χ1n) is 10.1. The summed E-state index contributed by atoms with van der Waals surface area (Å²) in [7, 11) is -1.72. The van der Waals surface area contributed by atoms with E-state index in [2.05, 4.69) is 15.6 Å². The quantitative estimate of drug-likeness (QED) is 0.307. The fourth-order valence-electron chi connectivity index (χ4n) is 3.23. The number of benzene rings is 1. The normalized spacial score (nSPS) is 16.4. The van der Waals surface area contributed by atoms with E-state index in [0.717, 1.165) is 12.8 Å². The molecular formula is C20H33IN4O4S. The molecule has 8 nitrogen and oxygen atoms in total. The van der Waals surface area contributed by atoms with Crippen LogP contribution in [0.15, 0.2) is 40.2 Å². The number of sulfone groups is 1. The van der Waals surface area contributed by atoms with Gasteiger partial charge < -0.3 is 20.3 Å². The zero-order valence-corrected chi connectivity index (χ0v) is 21.0. The zero-order valence-electron chi connectivity index (χ0n) is 17.8. The third kappa shape index (κ3) is 7.93. The molecule has 10 heteroatoms. The van der Waals surface area contributed by atoms with Gasteiger partial charge in [-0.25, -0.2) is 13.2 Å². The number of halogens is 1. The molecule has 0 aromatic heterocycles.